The fourth-order valence-corrected chi connectivity index (χ4v) is 4.46. The van der Waals surface area contributed by atoms with Crippen molar-refractivity contribution in [3.05, 3.63) is 77.9 Å². The first-order chi connectivity index (χ1) is 18.4. The Morgan fingerprint density at radius 2 is 1.56 bits per heavy atom. The van der Waals surface area contributed by atoms with Gasteiger partial charge in [0.05, 0.1) is 0 Å². The number of carbonyl (C=O) groups excluding carboxylic acids is 3. The number of alkyl carbamates (subject to hydrolysis) is 1. The topological polar surface area (TPSA) is 87.7 Å². The minimum Gasteiger partial charge on any atom is -0.444 e. The highest BCUT2D eigenvalue weighted by Gasteiger charge is 2.37. The Morgan fingerprint density at radius 3 is 2.15 bits per heavy atom. The summed E-state index contributed by atoms with van der Waals surface area (Å²) in [5, 5.41) is 7.88. The second-order valence-corrected chi connectivity index (χ2v) is 11.0. The molecule has 0 aromatic heterocycles. The van der Waals surface area contributed by atoms with Crippen LogP contribution in [0.2, 0.25) is 0 Å². The Hall–Kier alpha value is -3.87. The molecule has 3 unspecified atom stereocenters. The molecule has 3 aromatic carbocycles. The number of likely N-dealkylation sites (N-methyl/N-ethyl adjacent to an activating group) is 1. The molecule has 0 aliphatic rings. The van der Waals surface area contributed by atoms with E-state index in [1.54, 1.807) is 20.8 Å². The Balaban J connectivity index is 1.97. The van der Waals surface area contributed by atoms with Crippen LogP contribution in [0.15, 0.2) is 66.7 Å². The molecule has 0 saturated carbocycles. The maximum absolute atomic E-state index is 14.1. The van der Waals surface area contributed by atoms with Crippen LogP contribution in [0.1, 0.15) is 65.1 Å². The van der Waals surface area contributed by atoms with Crippen molar-refractivity contribution in [2.45, 2.75) is 72.6 Å². The lowest BCUT2D eigenvalue weighted by atomic mass is 9.95. The average Bonchev–Trinajstić information content (AvgIpc) is 2.89. The normalized spacial score (nSPS) is 13.7. The molecule has 7 heteroatoms. The van der Waals surface area contributed by atoms with Gasteiger partial charge in [-0.2, -0.15) is 0 Å². The lowest BCUT2D eigenvalue weighted by molar-refractivity contribution is -0.141. The number of hydrogen-bond acceptors (Lipinski definition) is 4. The summed E-state index contributed by atoms with van der Waals surface area (Å²) in [4.78, 5) is 42.2. The molecule has 0 aliphatic heterocycles. The highest BCUT2D eigenvalue weighted by atomic mass is 16.6. The molecule has 0 bridgehead atoms. The van der Waals surface area contributed by atoms with Crippen molar-refractivity contribution >= 4 is 34.4 Å². The van der Waals surface area contributed by atoms with Gasteiger partial charge in [-0.25, -0.2) is 4.79 Å². The summed E-state index contributed by atoms with van der Waals surface area (Å²) in [6.07, 6.45) is -0.00731. The zero-order valence-electron chi connectivity index (χ0n) is 24.1. The predicted octanol–water partition coefficient (Wildman–Crippen LogP) is 6.62. The summed E-state index contributed by atoms with van der Waals surface area (Å²) in [7, 11) is 0. The summed E-state index contributed by atoms with van der Waals surface area (Å²) < 4.78 is 5.45. The van der Waals surface area contributed by atoms with E-state index in [1.165, 1.54) is 4.90 Å². The number of anilines is 1. The van der Waals surface area contributed by atoms with Gasteiger partial charge in [-0.15, -0.1) is 0 Å². The largest absolute Gasteiger partial charge is 0.444 e. The van der Waals surface area contributed by atoms with Gasteiger partial charge in [0.2, 0.25) is 5.91 Å². The van der Waals surface area contributed by atoms with E-state index in [0.29, 0.717) is 17.7 Å². The molecule has 3 rings (SSSR count). The van der Waals surface area contributed by atoms with E-state index < -0.39 is 23.8 Å². The number of nitrogens with zero attached hydrogens (tertiary/aromatic N) is 1. The molecular formula is C32H41N3O4. The maximum atomic E-state index is 14.1. The molecule has 208 valence electrons. The standard InChI is InChI=1S/C32H41N3O4/c1-8-22(4)27(34-31(38)39-32(5,6)7)30(37)35(9-2)28(24-16-14-21(3)15-17-24)29(36)33-26-19-18-23-12-10-11-13-25(23)20-26/h10-20,22,27-28H,8-9H2,1-7H3,(H,33,36)(H,34,38). The first-order valence-corrected chi connectivity index (χ1v) is 13.6. The van der Waals surface area contributed by atoms with Gasteiger partial charge in [-0.05, 0) is 69.0 Å². The van der Waals surface area contributed by atoms with Crippen LogP contribution in [0, 0.1) is 12.8 Å². The van der Waals surface area contributed by atoms with Crippen LogP contribution in [0.5, 0.6) is 0 Å². The monoisotopic (exact) mass is 531 g/mol. The summed E-state index contributed by atoms with van der Waals surface area (Å²) >= 11 is 0. The lowest BCUT2D eigenvalue weighted by Gasteiger charge is -2.35. The Morgan fingerprint density at radius 1 is 0.923 bits per heavy atom. The first kappa shape index (κ1) is 29.7. The van der Waals surface area contributed by atoms with Crippen LogP contribution in [0.4, 0.5) is 10.5 Å². The van der Waals surface area contributed by atoms with Crippen LogP contribution in [-0.2, 0) is 14.3 Å². The minimum absolute atomic E-state index is 0.179. The van der Waals surface area contributed by atoms with E-state index in [-0.39, 0.29) is 24.3 Å². The van der Waals surface area contributed by atoms with Gasteiger partial charge in [-0.3, -0.25) is 9.59 Å². The van der Waals surface area contributed by atoms with Gasteiger partial charge in [0, 0.05) is 12.2 Å². The third kappa shape index (κ3) is 7.82. The van der Waals surface area contributed by atoms with Crippen molar-refractivity contribution in [2.24, 2.45) is 5.92 Å². The quantitative estimate of drug-likeness (QED) is 0.325. The summed E-state index contributed by atoms with van der Waals surface area (Å²) in [5.41, 5.74) is 1.67. The highest BCUT2D eigenvalue weighted by Crippen LogP contribution is 2.27. The molecular weight excluding hydrogens is 490 g/mol. The number of fused-ring (bicyclic) bond motifs is 1. The van der Waals surface area contributed by atoms with Gasteiger partial charge in [0.25, 0.3) is 5.91 Å². The third-order valence-corrected chi connectivity index (χ3v) is 6.75. The second kappa shape index (κ2) is 12.8. The number of nitrogens with one attached hydrogen (secondary N) is 2. The van der Waals surface area contributed by atoms with Crippen molar-refractivity contribution in [2.75, 3.05) is 11.9 Å². The van der Waals surface area contributed by atoms with Gasteiger partial charge in [-0.1, -0.05) is 80.4 Å². The number of rotatable bonds is 9. The molecule has 0 fully saturated rings. The molecule has 3 atom stereocenters. The second-order valence-electron chi connectivity index (χ2n) is 11.0. The van der Waals surface area contributed by atoms with Crippen molar-refractivity contribution in [1.29, 1.82) is 0 Å². The smallest absolute Gasteiger partial charge is 0.408 e. The molecule has 0 aliphatic carbocycles. The number of carbonyl (C=O) groups is 3. The minimum atomic E-state index is -0.901. The number of hydrogen-bond donors (Lipinski definition) is 2. The van der Waals surface area contributed by atoms with Crippen LogP contribution in [-0.4, -0.2) is 41.0 Å². The van der Waals surface area contributed by atoms with E-state index in [9.17, 15) is 14.4 Å². The SMILES string of the molecule is CCC(C)C(NC(=O)OC(C)(C)C)C(=O)N(CC)C(C(=O)Nc1ccc2ccccc2c1)c1ccc(C)cc1. The molecule has 2 N–H and O–H groups in total. The Kier molecular flexibility index (Phi) is 9.73. The van der Waals surface area contributed by atoms with Gasteiger partial charge in [0.1, 0.15) is 17.7 Å². The molecule has 3 aromatic rings. The maximum Gasteiger partial charge on any atom is 0.408 e. The fourth-order valence-electron chi connectivity index (χ4n) is 4.46. The number of ether oxygens (including phenoxy) is 1. The van der Waals surface area contributed by atoms with Gasteiger partial charge < -0.3 is 20.3 Å². The Labute approximate surface area is 231 Å². The first-order valence-electron chi connectivity index (χ1n) is 13.6. The molecule has 0 heterocycles. The summed E-state index contributed by atoms with van der Waals surface area (Å²) in [5.74, 6) is -0.845. The van der Waals surface area contributed by atoms with E-state index >= 15 is 0 Å². The summed E-state index contributed by atoms with van der Waals surface area (Å²) in [6.45, 7) is 13.3. The zero-order valence-corrected chi connectivity index (χ0v) is 24.1. The van der Waals surface area contributed by atoms with Crippen LogP contribution >= 0.6 is 0 Å². The molecule has 7 nitrogen and oxygen atoms in total. The van der Waals surface area contributed by atoms with Crippen LogP contribution < -0.4 is 10.6 Å². The van der Waals surface area contributed by atoms with E-state index in [4.69, 9.17) is 4.74 Å². The molecule has 0 saturated heterocycles. The van der Waals surface area contributed by atoms with E-state index in [2.05, 4.69) is 10.6 Å². The molecule has 39 heavy (non-hydrogen) atoms. The van der Waals surface area contributed by atoms with E-state index in [1.807, 2.05) is 94.4 Å². The van der Waals surface area contributed by atoms with Crippen LogP contribution in [0.3, 0.4) is 0 Å². The number of aryl methyl sites for hydroxylation is 1. The van der Waals surface area contributed by atoms with Crippen molar-refractivity contribution in [3.63, 3.8) is 0 Å². The summed E-state index contributed by atoms with van der Waals surface area (Å²) in [6, 6.07) is 19.5. The van der Waals surface area contributed by atoms with E-state index in [0.717, 1.165) is 16.3 Å². The van der Waals surface area contributed by atoms with Crippen molar-refractivity contribution in [1.82, 2.24) is 10.2 Å². The van der Waals surface area contributed by atoms with Crippen LogP contribution in [0.25, 0.3) is 10.8 Å². The molecule has 0 radical (unpaired) electrons. The third-order valence-electron chi connectivity index (χ3n) is 6.75. The zero-order chi connectivity index (χ0) is 28.7. The molecule has 0 spiro atoms. The average molecular weight is 532 g/mol. The van der Waals surface area contributed by atoms with Crippen molar-refractivity contribution < 1.29 is 19.1 Å². The molecule has 3 amide bonds. The van der Waals surface area contributed by atoms with Gasteiger partial charge >= 0.3 is 6.09 Å². The highest BCUT2D eigenvalue weighted by molar-refractivity contribution is 6.00. The number of benzene rings is 3. The van der Waals surface area contributed by atoms with Crippen molar-refractivity contribution in [3.8, 4) is 0 Å². The lowest BCUT2D eigenvalue weighted by Crippen LogP contribution is -2.54. The number of amides is 3. The predicted molar refractivity (Wildman–Crippen MR) is 156 cm³/mol. The fraction of sp³-hybridized carbons (Fsp3) is 0.406. The Bertz CT molecular complexity index is 1300. The van der Waals surface area contributed by atoms with Gasteiger partial charge in [0.15, 0.2) is 0 Å².